The Morgan fingerprint density at radius 1 is 0.800 bits per heavy atom. The molecule has 0 aliphatic rings. The molecule has 0 bridgehead atoms. The molecule has 56 valence electrons. The van der Waals surface area contributed by atoms with Gasteiger partial charge in [0, 0.05) is 0 Å². The SMILES string of the molecule is O=[C]C(F)(F)C(F)(F)[C]=O. The number of hydrogen-bond donors (Lipinski definition) is 0. The third-order valence-corrected chi connectivity index (χ3v) is 0.651. The molecular formula is C4F4O2. The number of carbonyl (C=O) groups excluding carboxylic acids is 2. The lowest BCUT2D eigenvalue weighted by atomic mass is 10.2. The molecule has 0 saturated carbocycles. The lowest BCUT2D eigenvalue weighted by Crippen LogP contribution is -2.42. The second-order valence-corrected chi connectivity index (χ2v) is 1.35. The second kappa shape index (κ2) is 2.36. The van der Waals surface area contributed by atoms with E-state index in [4.69, 9.17) is 9.59 Å². The van der Waals surface area contributed by atoms with Gasteiger partial charge in [0.05, 0.1) is 0 Å². The Kier molecular flexibility index (Phi) is 2.13. The van der Waals surface area contributed by atoms with E-state index in [2.05, 4.69) is 0 Å². The van der Waals surface area contributed by atoms with Crippen LogP contribution in [0.4, 0.5) is 17.6 Å². The van der Waals surface area contributed by atoms with Crippen LogP contribution in [-0.4, -0.2) is 24.4 Å². The van der Waals surface area contributed by atoms with E-state index in [1.807, 2.05) is 0 Å². The quantitative estimate of drug-likeness (QED) is 0.556. The zero-order valence-electron chi connectivity index (χ0n) is 4.33. The molecule has 0 aromatic heterocycles. The lowest BCUT2D eigenvalue weighted by molar-refractivity contribution is -0.119. The Hall–Kier alpha value is -0.940. The van der Waals surface area contributed by atoms with Crippen molar-refractivity contribution < 1.29 is 27.2 Å². The summed E-state index contributed by atoms with van der Waals surface area (Å²) in [4.78, 5) is 18.2. The summed E-state index contributed by atoms with van der Waals surface area (Å²) in [6, 6.07) is 0. The minimum absolute atomic E-state index is 0.263. The molecular weight excluding hydrogens is 156 g/mol. The summed E-state index contributed by atoms with van der Waals surface area (Å²) in [7, 11) is 0. The van der Waals surface area contributed by atoms with Gasteiger partial charge < -0.3 is 0 Å². The van der Waals surface area contributed by atoms with Crippen LogP contribution in [0.5, 0.6) is 0 Å². The van der Waals surface area contributed by atoms with Crippen LogP contribution in [0.2, 0.25) is 0 Å². The summed E-state index contributed by atoms with van der Waals surface area (Å²) in [5.74, 6) is -10.1. The van der Waals surface area contributed by atoms with Crippen LogP contribution in [0, 0.1) is 0 Å². The summed E-state index contributed by atoms with van der Waals surface area (Å²) in [5, 5.41) is 0. The van der Waals surface area contributed by atoms with Gasteiger partial charge in [0.15, 0.2) is 0 Å². The largest absolute Gasteiger partial charge is 0.382 e. The maximum atomic E-state index is 11.5. The first kappa shape index (κ1) is 9.06. The highest BCUT2D eigenvalue weighted by atomic mass is 19.3. The molecule has 6 heteroatoms. The molecule has 0 aliphatic carbocycles. The van der Waals surface area contributed by atoms with Crippen molar-refractivity contribution in [1.29, 1.82) is 0 Å². The molecule has 0 heterocycles. The minimum atomic E-state index is -5.07. The number of rotatable bonds is 3. The molecule has 0 aliphatic heterocycles. The molecule has 0 atom stereocenters. The van der Waals surface area contributed by atoms with Gasteiger partial charge in [-0.3, -0.25) is 9.59 Å². The topological polar surface area (TPSA) is 34.1 Å². The number of halogens is 4. The van der Waals surface area contributed by atoms with E-state index < -0.39 is 11.8 Å². The average Bonchev–Trinajstić information content (AvgIpc) is 1.88. The van der Waals surface area contributed by atoms with E-state index in [9.17, 15) is 17.6 Å². The van der Waals surface area contributed by atoms with E-state index in [0.29, 0.717) is 0 Å². The van der Waals surface area contributed by atoms with Crippen LogP contribution in [0.1, 0.15) is 0 Å². The van der Waals surface area contributed by atoms with Gasteiger partial charge in [-0.1, -0.05) is 0 Å². The Morgan fingerprint density at radius 3 is 1.10 bits per heavy atom. The first-order chi connectivity index (χ1) is 4.37. The lowest BCUT2D eigenvalue weighted by Gasteiger charge is -2.12. The van der Waals surface area contributed by atoms with E-state index in [1.165, 1.54) is 0 Å². The molecule has 0 fully saturated rings. The van der Waals surface area contributed by atoms with Crippen molar-refractivity contribution >= 4 is 12.6 Å². The van der Waals surface area contributed by atoms with Gasteiger partial charge in [-0.2, -0.15) is 17.6 Å². The van der Waals surface area contributed by atoms with Gasteiger partial charge in [-0.15, -0.1) is 0 Å². The molecule has 0 aromatic carbocycles. The number of alkyl halides is 4. The Morgan fingerprint density at radius 2 is 1.00 bits per heavy atom. The normalized spacial score (nSPS) is 12.8. The zero-order valence-corrected chi connectivity index (χ0v) is 4.33. The molecule has 0 rings (SSSR count). The van der Waals surface area contributed by atoms with Gasteiger partial charge in [0.25, 0.3) is 12.6 Å². The first-order valence-electron chi connectivity index (χ1n) is 1.91. The molecule has 10 heavy (non-hydrogen) atoms. The van der Waals surface area contributed by atoms with Crippen LogP contribution < -0.4 is 0 Å². The fraction of sp³-hybridized carbons (Fsp3) is 0.500. The average molecular weight is 156 g/mol. The molecule has 0 unspecified atom stereocenters. The highest BCUT2D eigenvalue weighted by molar-refractivity contribution is 5.74. The molecule has 2 nitrogen and oxygen atoms in total. The van der Waals surface area contributed by atoms with Crippen molar-refractivity contribution in [1.82, 2.24) is 0 Å². The van der Waals surface area contributed by atoms with Crippen molar-refractivity contribution in [3.8, 4) is 0 Å². The van der Waals surface area contributed by atoms with Crippen LogP contribution >= 0.6 is 0 Å². The summed E-state index contributed by atoms with van der Waals surface area (Å²) in [6.45, 7) is 0. The standard InChI is InChI=1S/C4F4O2/c5-3(6,1-9)4(7,8)2-10. The van der Waals surface area contributed by atoms with E-state index in [1.54, 1.807) is 0 Å². The van der Waals surface area contributed by atoms with Crippen molar-refractivity contribution in [2.24, 2.45) is 0 Å². The Labute approximate surface area is 52.8 Å². The second-order valence-electron chi connectivity index (χ2n) is 1.35. The third kappa shape index (κ3) is 1.31. The van der Waals surface area contributed by atoms with Gasteiger partial charge >= 0.3 is 11.8 Å². The maximum absolute atomic E-state index is 11.5. The first-order valence-corrected chi connectivity index (χ1v) is 1.91. The molecule has 0 spiro atoms. The van der Waals surface area contributed by atoms with Gasteiger partial charge in [-0.05, 0) is 0 Å². The summed E-state index contributed by atoms with van der Waals surface area (Å²) in [5.41, 5.74) is 0. The predicted molar refractivity (Wildman–Crippen MR) is 21.3 cm³/mol. The van der Waals surface area contributed by atoms with Crippen LogP contribution in [-0.2, 0) is 9.59 Å². The molecule has 0 saturated heterocycles. The maximum Gasteiger partial charge on any atom is 0.382 e. The van der Waals surface area contributed by atoms with Crippen LogP contribution in [0.15, 0.2) is 0 Å². The zero-order chi connectivity index (χ0) is 8.41. The number of hydrogen-bond acceptors (Lipinski definition) is 2. The molecule has 0 N–H and O–H groups in total. The predicted octanol–water partition coefficient (Wildman–Crippen LogP) is 0.476. The molecule has 2 radical (unpaired) electrons. The Balaban J connectivity index is 4.59. The van der Waals surface area contributed by atoms with E-state index in [-0.39, 0.29) is 12.6 Å². The van der Waals surface area contributed by atoms with Crippen molar-refractivity contribution in [3.05, 3.63) is 0 Å². The minimum Gasteiger partial charge on any atom is -0.283 e. The van der Waals surface area contributed by atoms with Gasteiger partial charge in [0.2, 0.25) is 0 Å². The summed E-state index contributed by atoms with van der Waals surface area (Å²) >= 11 is 0. The summed E-state index contributed by atoms with van der Waals surface area (Å²) < 4.78 is 46.0. The third-order valence-electron chi connectivity index (χ3n) is 0.651. The van der Waals surface area contributed by atoms with Gasteiger partial charge in [-0.25, -0.2) is 0 Å². The highest BCUT2D eigenvalue weighted by Gasteiger charge is 2.58. The fourth-order valence-electron chi connectivity index (χ4n) is 0.128. The van der Waals surface area contributed by atoms with Gasteiger partial charge in [0.1, 0.15) is 0 Å². The van der Waals surface area contributed by atoms with Crippen LogP contribution in [0.3, 0.4) is 0 Å². The molecule has 0 amide bonds. The van der Waals surface area contributed by atoms with Crippen molar-refractivity contribution in [3.63, 3.8) is 0 Å². The van der Waals surface area contributed by atoms with E-state index >= 15 is 0 Å². The Bertz CT molecular complexity index is 135. The van der Waals surface area contributed by atoms with Crippen molar-refractivity contribution in [2.45, 2.75) is 11.8 Å². The summed E-state index contributed by atoms with van der Waals surface area (Å²) in [6.07, 6.45) is -0.527. The van der Waals surface area contributed by atoms with Crippen LogP contribution in [0.25, 0.3) is 0 Å². The molecule has 0 aromatic rings. The van der Waals surface area contributed by atoms with Crippen molar-refractivity contribution in [2.75, 3.05) is 0 Å². The highest BCUT2D eigenvalue weighted by Crippen LogP contribution is 2.29. The fourth-order valence-corrected chi connectivity index (χ4v) is 0.128. The monoisotopic (exact) mass is 156 g/mol. The van der Waals surface area contributed by atoms with E-state index in [0.717, 1.165) is 0 Å². The smallest absolute Gasteiger partial charge is 0.283 e.